The quantitative estimate of drug-likeness (QED) is 0.707. The molecule has 166 valence electrons. The van der Waals surface area contributed by atoms with E-state index in [1.165, 1.54) is 6.42 Å². The molecule has 1 aliphatic heterocycles. The smallest absolute Gasteiger partial charge is 0.410 e. The van der Waals surface area contributed by atoms with Crippen molar-refractivity contribution in [1.82, 2.24) is 9.62 Å². The van der Waals surface area contributed by atoms with Crippen molar-refractivity contribution in [2.75, 3.05) is 19.4 Å². The molecule has 2 aliphatic rings. The largest absolute Gasteiger partial charge is 0.449 e. The highest BCUT2D eigenvalue weighted by atomic mass is 32.2. The number of carbonyl (C=O) groups excluding carboxylic acids is 1. The van der Waals surface area contributed by atoms with Crippen molar-refractivity contribution in [3.05, 3.63) is 60.2 Å². The molecule has 1 saturated heterocycles. The average Bonchev–Trinajstić information content (AvgIpc) is 3.08. The zero-order valence-electron chi connectivity index (χ0n) is 17.9. The van der Waals surface area contributed by atoms with Gasteiger partial charge in [0.2, 0.25) is 10.0 Å². The monoisotopic (exact) mass is 442 g/mol. The fourth-order valence-corrected chi connectivity index (χ4v) is 5.25. The number of sulfonamides is 1. The Hall–Kier alpha value is -2.38. The van der Waals surface area contributed by atoms with Gasteiger partial charge < -0.3 is 9.64 Å². The number of amides is 1. The molecule has 31 heavy (non-hydrogen) atoms. The summed E-state index contributed by atoms with van der Waals surface area (Å²) in [5.41, 5.74) is 3.28. The summed E-state index contributed by atoms with van der Waals surface area (Å²) in [7, 11) is -3.38. The molecule has 0 unspecified atom stereocenters. The van der Waals surface area contributed by atoms with Crippen LogP contribution in [0.25, 0.3) is 11.1 Å². The number of hydrogen-bond acceptors (Lipinski definition) is 4. The van der Waals surface area contributed by atoms with Gasteiger partial charge >= 0.3 is 6.09 Å². The molecule has 7 heteroatoms. The van der Waals surface area contributed by atoms with Crippen molar-refractivity contribution in [3.63, 3.8) is 0 Å². The van der Waals surface area contributed by atoms with Gasteiger partial charge in [-0.1, -0.05) is 61.0 Å². The highest BCUT2D eigenvalue weighted by molar-refractivity contribution is 7.88. The molecule has 6 nitrogen and oxygen atoms in total. The van der Waals surface area contributed by atoms with Crippen LogP contribution in [-0.2, 0) is 21.2 Å². The Labute approximate surface area is 184 Å². The van der Waals surface area contributed by atoms with Gasteiger partial charge in [0.15, 0.2) is 0 Å². The first-order valence-corrected chi connectivity index (χ1v) is 12.8. The number of benzene rings is 2. The van der Waals surface area contributed by atoms with Crippen LogP contribution in [-0.4, -0.2) is 50.9 Å². The number of rotatable bonds is 7. The van der Waals surface area contributed by atoms with Gasteiger partial charge in [0.05, 0.1) is 18.9 Å². The third kappa shape index (κ3) is 5.66. The van der Waals surface area contributed by atoms with Crippen molar-refractivity contribution in [2.24, 2.45) is 5.92 Å². The van der Waals surface area contributed by atoms with E-state index in [-0.39, 0.29) is 18.2 Å². The van der Waals surface area contributed by atoms with E-state index in [1.807, 2.05) is 30.3 Å². The molecular weight excluding hydrogens is 412 g/mol. The third-order valence-corrected chi connectivity index (χ3v) is 7.02. The van der Waals surface area contributed by atoms with Gasteiger partial charge in [-0.3, -0.25) is 0 Å². The highest BCUT2D eigenvalue weighted by Crippen LogP contribution is 2.29. The predicted molar refractivity (Wildman–Crippen MR) is 121 cm³/mol. The molecule has 1 amide bonds. The number of carbonyl (C=O) groups is 1. The summed E-state index contributed by atoms with van der Waals surface area (Å²) in [4.78, 5) is 14.5. The van der Waals surface area contributed by atoms with E-state index in [4.69, 9.17) is 4.74 Å². The first-order valence-electron chi connectivity index (χ1n) is 10.9. The van der Waals surface area contributed by atoms with Gasteiger partial charge in [0, 0.05) is 12.6 Å². The predicted octanol–water partition coefficient (Wildman–Crippen LogP) is 3.82. The fraction of sp³-hybridized carbons (Fsp3) is 0.458. The number of likely N-dealkylation sites (tertiary alicyclic amines) is 1. The Bertz CT molecular complexity index is 1010. The first kappa shape index (κ1) is 21.8. The molecule has 1 heterocycles. The molecule has 2 aromatic carbocycles. The second kappa shape index (κ2) is 9.40. The number of nitrogens with zero attached hydrogens (tertiary/aromatic N) is 1. The summed E-state index contributed by atoms with van der Waals surface area (Å²) in [6.45, 7) is 0.940. The van der Waals surface area contributed by atoms with Crippen LogP contribution >= 0.6 is 0 Å². The second-order valence-electron chi connectivity index (χ2n) is 8.69. The molecule has 0 bridgehead atoms. The SMILES string of the molecule is CS(=O)(=O)N[C@@H]1CCN(C(=O)OCC2CCC2)[C@@H]1Cc1cccc(-c2ccccc2)c1. The summed E-state index contributed by atoms with van der Waals surface area (Å²) < 4.78 is 32.1. The van der Waals surface area contributed by atoms with E-state index >= 15 is 0 Å². The van der Waals surface area contributed by atoms with Crippen LogP contribution in [0, 0.1) is 5.92 Å². The first-order chi connectivity index (χ1) is 14.9. The normalized spacial score (nSPS) is 21.6. The maximum absolute atomic E-state index is 12.8. The summed E-state index contributed by atoms with van der Waals surface area (Å²) in [6, 6.07) is 17.7. The molecule has 1 aliphatic carbocycles. The van der Waals surface area contributed by atoms with Gasteiger partial charge in [0.1, 0.15) is 0 Å². The minimum absolute atomic E-state index is 0.283. The zero-order valence-corrected chi connectivity index (χ0v) is 18.7. The molecule has 0 aromatic heterocycles. The molecule has 0 radical (unpaired) electrons. The van der Waals surface area contributed by atoms with Gasteiger partial charge in [-0.05, 0) is 48.3 Å². The number of hydrogen-bond donors (Lipinski definition) is 1. The lowest BCUT2D eigenvalue weighted by Crippen LogP contribution is -2.48. The lowest BCUT2D eigenvalue weighted by atomic mass is 9.86. The minimum atomic E-state index is -3.38. The Morgan fingerprint density at radius 3 is 2.48 bits per heavy atom. The van der Waals surface area contributed by atoms with Gasteiger partial charge in [-0.2, -0.15) is 0 Å². The molecule has 1 N–H and O–H groups in total. The maximum Gasteiger partial charge on any atom is 0.410 e. The summed E-state index contributed by atoms with van der Waals surface area (Å²) >= 11 is 0. The van der Waals surface area contributed by atoms with E-state index in [0.29, 0.717) is 31.9 Å². The second-order valence-corrected chi connectivity index (χ2v) is 10.5. The lowest BCUT2D eigenvalue weighted by Gasteiger charge is -2.30. The standard InChI is InChI=1S/C24H30N2O4S/c1-31(28,29)25-22-13-14-26(24(27)30-17-18-7-5-8-18)23(22)16-19-9-6-12-21(15-19)20-10-3-2-4-11-20/h2-4,6,9-12,15,18,22-23,25H,5,7-8,13-14,16-17H2,1H3/t22-,23-/m1/s1. The average molecular weight is 443 g/mol. The van der Waals surface area contributed by atoms with Crippen molar-refractivity contribution in [2.45, 2.75) is 44.2 Å². The molecular formula is C24H30N2O4S. The Kier molecular flexibility index (Phi) is 6.62. The Morgan fingerprint density at radius 1 is 1.06 bits per heavy atom. The zero-order chi connectivity index (χ0) is 21.8. The summed E-state index contributed by atoms with van der Waals surface area (Å²) in [5.74, 6) is 0.470. The minimum Gasteiger partial charge on any atom is -0.449 e. The van der Waals surface area contributed by atoms with Gasteiger partial charge in [0.25, 0.3) is 0 Å². The van der Waals surface area contributed by atoms with E-state index in [0.717, 1.165) is 35.8 Å². The van der Waals surface area contributed by atoms with Crippen LogP contribution in [0.5, 0.6) is 0 Å². The van der Waals surface area contributed by atoms with E-state index in [1.54, 1.807) is 4.90 Å². The van der Waals surface area contributed by atoms with Crippen molar-refractivity contribution in [1.29, 1.82) is 0 Å². The molecule has 1 saturated carbocycles. The molecule has 4 rings (SSSR count). The lowest BCUT2D eigenvalue weighted by molar-refractivity contribution is 0.0676. The number of nitrogens with one attached hydrogen (secondary N) is 1. The van der Waals surface area contributed by atoms with Gasteiger partial charge in [-0.25, -0.2) is 17.9 Å². The topological polar surface area (TPSA) is 75.7 Å². The highest BCUT2D eigenvalue weighted by Gasteiger charge is 2.39. The molecule has 2 fully saturated rings. The molecule has 0 spiro atoms. The van der Waals surface area contributed by atoms with Crippen LogP contribution < -0.4 is 4.72 Å². The summed E-state index contributed by atoms with van der Waals surface area (Å²) in [6.07, 6.45) is 5.39. The van der Waals surface area contributed by atoms with Gasteiger partial charge in [-0.15, -0.1) is 0 Å². The van der Waals surface area contributed by atoms with Crippen LogP contribution in [0.4, 0.5) is 4.79 Å². The Morgan fingerprint density at radius 2 is 1.81 bits per heavy atom. The Balaban J connectivity index is 1.52. The van der Waals surface area contributed by atoms with Crippen LogP contribution in [0.2, 0.25) is 0 Å². The van der Waals surface area contributed by atoms with Crippen molar-refractivity contribution >= 4 is 16.1 Å². The van der Waals surface area contributed by atoms with Crippen LogP contribution in [0.15, 0.2) is 54.6 Å². The van der Waals surface area contributed by atoms with Crippen LogP contribution in [0.1, 0.15) is 31.2 Å². The van der Waals surface area contributed by atoms with E-state index in [9.17, 15) is 13.2 Å². The van der Waals surface area contributed by atoms with Crippen molar-refractivity contribution in [3.8, 4) is 11.1 Å². The fourth-order valence-electron chi connectivity index (χ4n) is 4.43. The van der Waals surface area contributed by atoms with Crippen molar-refractivity contribution < 1.29 is 17.9 Å². The third-order valence-electron chi connectivity index (χ3n) is 6.29. The molecule has 2 atom stereocenters. The maximum atomic E-state index is 12.8. The van der Waals surface area contributed by atoms with E-state index in [2.05, 4.69) is 29.0 Å². The van der Waals surface area contributed by atoms with E-state index < -0.39 is 10.0 Å². The molecule has 2 aromatic rings. The van der Waals surface area contributed by atoms with Crippen LogP contribution in [0.3, 0.4) is 0 Å². The number of ether oxygens (including phenoxy) is 1. The summed E-state index contributed by atoms with van der Waals surface area (Å²) in [5, 5.41) is 0.